The Bertz CT molecular complexity index is 126. The van der Waals surface area contributed by atoms with Crippen LogP contribution in [0.15, 0.2) is 12.7 Å². The Kier molecular flexibility index (Phi) is 16.4. The first-order chi connectivity index (χ1) is 6.68. The van der Waals surface area contributed by atoms with Crippen LogP contribution in [0.1, 0.15) is 39.5 Å². The van der Waals surface area contributed by atoms with E-state index in [1.165, 1.54) is 25.7 Å². The monoisotopic (exact) mass is 202 g/mol. The second kappa shape index (κ2) is 14.7. The van der Waals surface area contributed by atoms with Gasteiger partial charge in [0.15, 0.2) is 0 Å². The Hall–Kier alpha value is -0.830. The number of carboxylic acids is 1. The third kappa shape index (κ3) is 22.5. The van der Waals surface area contributed by atoms with Gasteiger partial charge in [-0.3, -0.25) is 0 Å². The number of rotatable bonds is 7. The first-order valence-corrected chi connectivity index (χ1v) is 5.12. The highest BCUT2D eigenvalue weighted by Crippen LogP contribution is 1.98. The number of aliphatic carboxylic acids is 1. The smallest absolute Gasteiger partial charge is 0.327 e. The molecule has 0 unspecified atom stereocenters. The van der Waals surface area contributed by atoms with Crippen LogP contribution in [-0.2, 0) is 9.53 Å². The lowest BCUT2D eigenvalue weighted by molar-refractivity contribution is -0.131. The lowest BCUT2D eigenvalue weighted by Crippen LogP contribution is -1.92. The summed E-state index contributed by atoms with van der Waals surface area (Å²) in [5.74, 6) is -0.981. The van der Waals surface area contributed by atoms with Crippen LogP contribution >= 0.6 is 0 Å². The largest absolute Gasteiger partial charge is 0.478 e. The summed E-state index contributed by atoms with van der Waals surface area (Å²) in [5.41, 5.74) is 0. The van der Waals surface area contributed by atoms with Crippen LogP contribution < -0.4 is 0 Å². The normalized spacial score (nSPS) is 8.71. The molecule has 0 aromatic rings. The quantitative estimate of drug-likeness (QED) is 0.510. The topological polar surface area (TPSA) is 46.5 Å². The number of unbranched alkanes of at least 4 members (excludes halogenated alkanes) is 3. The predicted molar refractivity (Wildman–Crippen MR) is 58.5 cm³/mol. The van der Waals surface area contributed by atoms with Gasteiger partial charge in [0.25, 0.3) is 0 Å². The maximum absolute atomic E-state index is 9.25. The van der Waals surface area contributed by atoms with Crippen molar-refractivity contribution in [1.82, 2.24) is 0 Å². The third-order valence-corrected chi connectivity index (χ3v) is 1.52. The van der Waals surface area contributed by atoms with E-state index in [2.05, 4.69) is 13.5 Å². The van der Waals surface area contributed by atoms with Crippen molar-refractivity contribution in [3.05, 3.63) is 12.7 Å². The van der Waals surface area contributed by atoms with Gasteiger partial charge in [0.1, 0.15) is 0 Å². The van der Waals surface area contributed by atoms with E-state index in [1.54, 1.807) is 0 Å². The molecule has 0 saturated carbocycles. The summed E-state index contributed by atoms with van der Waals surface area (Å²) < 4.78 is 5.18. The highest BCUT2D eigenvalue weighted by atomic mass is 16.5. The maximum atomic E-state index is 9.25. The molecule has 0 radical (unpaired) electrons. The van der Waals surface area contributed by atoms with E-state index in [4.69, 9.17) is 9.84 Å². The van der Waals surface area contributed by atoms with Crippen molar-refractivity contribution in [3.8, 4) is 0 Å². The van der Waals surface area contributed by atoms with Crippen LogP contribution in [0.4, 0.5) is 0 Å². The van der Waals surface area contributed by atoms with Crippen LogP contribution in [0.3, 0.4) is 0 Å². The second-order valence-electron chi connectivity index (χ2n) is 2.80. The highest BCUT2D eigenvalue weighted by molar-refractivity contribution is 5.78. The van der Waals surface area contributed by atoms with Gasteiger partial charge in [-0.1, -0.05) is 32.8 Å². The van der Waals surface area contributed by atoms with Crippen LogP contribution in [-0.4, -0.2) is 24.3 Å². The third-order valence-electron chi connectivity index (χ3n) is 1.52. The fourth-order valence-corrected chi connectivity index (χ4v) is 0.775. The summed E-state index contributed by atoms with van der Waals surface area (Å²) >= 11 is 0. The predicted octanol–water partition coefficient (Wildman–Crippen LogP) is 2.86. The molecular formula is C11H22O3. The van der Waals surface area contributed by atoms with E-state index >= 15 is 0 Å². The first-order valence-electron chi connectivity index (χ1n) is 5.12. The Balaban J connectivity index is 0. The minimum Gasteiger partial charge on any atom is -0.478 e. The summed E-state index contributed by atoms with van der Waals surface area (Å²) in [7, 11) is 0. The van der Waals surface area contributed by atoms with Crippen molar-refractivity contribution in [2.45, 2.75) is 39.5 Å². The van der Waals surface area contributed by atoms with Gasteiger partial charge in [-0.2, -0.15) is 0 Å². The zero-order valence-electron chi connectivity index (χ0n) is 9.29. The fourth-order valence-electron chi connectivity index (χ4n) is 0.775. The number of ether oxygens (including phenoxy) is 1. The molecule has 84 valence electrons. The molecule has 0 heterocycles. The molecule has 0 aliphatic heterocycles. The van der Waals surface area contributed by atoms with E-state index in [9.17, 15) is 4.79 Å². The zero-order chi connectivity index (χ0) is 11.2. The summed E-state index contributed by atoms with van der Waals surface area (Å²) in [6.07, 6.45) is 6.07. The van der Waals surface area contributed by atoms with Gasteiger partial charge in [0.2, 0.25) is 0 Å². The summed E-state index contributed by atoms with van der Waals surface area (Å²) in [4.78, 5) is 9.25. The van der Waals surface area contributed by atoms with Gasteiger partial charge in [-0.05, 0) is 13.3 Å². The van der Waals surface area contributed by atoms with Gasteiger partial charge in [-0.15, -0.1) is 0 Å². The molecule has 3 nitrogen and oxygen atoms in total. The zero-order valence-corrected chi connectivity index (χ0v) is 9.29. The van der Waals surface area contributed by atoms with Crippen molar-refractivity contribution >= 4 is 5.97 Å². The fraction of sp³-hybridized carbons (Fsp3) is 0.727. The molecule has 14 heavy (non-hydrogen) atoms. The van der Waals surface area contributed by atoms with E-state index in [1.807, 2.05) is 6.92 Å². The average molecular weight is 202 g/mol. The maximum Gasteiger partial charge on any atom is 0.327 e. The molecule has 0 fully saturated rings. The molecule has 0 bridgehead atoms. The number of hydrogen-bond donors (Lipinski definition) is 1. The van der Waals surface area contributed by atoms with Crippen molar-refractivity contribution < 1.29 is 14.6 Å². The molecular weight excluding hydrogens is 180 g/mol. The van der Waals surface area contributed by atoms with Gasteiger partial charge < -0.3 is 9.84 Å². The molecule has 3 heteroatoms. The van der Waals surface area contributed by atoms with Gasteiger partial charge in [-0.25, -0.2) is 4.79 Å². The van der Waals surface area contributed by atoms with E-state index in [0.29, 0.717) is 0 Å². The number of carboxylic acid groups (broad SMARTS) is 1. The molecule has 0 aromatic heterocycles. The molecule has 0 amide bonds. The van der Waals surface area contributed by atoms with Crippen molar-refractivity contribution in [2.75, 3.05) is 13.2 Å². The van der Waals surface area contributed by atoms with E-state index < -0.39 is 5.97 Å². The molecule has 0 rings (SSSR count). The van der Waals surface area contributed by atoms with E-state index in [-0.39, 0.29) is 0 Å². The standard InChI is InChI=1S/C8H18O.C3H4O2/c1-3-5-6-7-8-9-4-2;1-2-3(4)5/h3-8H2,1-2H3;2H,1H2,(H,4,5). The molecule has 0 atom stereocenters. The van der Waals surface area contributed by atoms with Gasteiger partial charge in [0.05, 0.1) is 0 Å². The van der Waals surface area contributed by atoms with Crippen molar-refractivity contribution in [1.29, 1.82) is 0 Å². The molecule has 1 N–H and O–H groups in total. The highest BCUT2D eigenvalue weighted by Gasteiger charge is 1.85. The minimum absolute atomic E-state index is 0.833. The SMILES string of the molecule is C=CC(=O)O.CCCCCCOCC. The van der Waals surface area contributed by atoms with Crippen LogP contribution in [0.2, 0.25) is 0 Å². The molecule has 0 spiro atoms. The van der Waals surface area contributed by atoms with Crippen LogP contribution in [0.5, 0.6) is 0 Å². The first kappa shape index (κ1) is 15.6. The van der Waals surface area contributed by atoms with Gasteiger partial charge in [0, 0.05) is 19.3 Å². The lowest BCUT2D eigenvalue weighted by Gasteiger charge is -1.98. The summed E-state index contributed by atoms with van der Waals surface area (Å²) in [6, 6.07) is 0. The van der Waals surface area contributed by atoms with Crippen molar-refractivity contribution in [2.24, 2.45) is 0 Å². The van der Waals surface area contributed by atoms with Crippen LogP contribution in [0.25, 0.3) is 0 Å². The summed E-state index contributed by atoms with van der Waals surface area (Å²) in [6.45, 7) is 9.05. The number of carbonyl (C=O) groups is 1. The Morgan fingerprint density at radius 1 is 1.36 bits per heavy atom. The van der Waals surface area contributed by atoms with E-state index in [0.717, 1.165) is 19.3 Å². The molecule has 0 aliphatic carbocycles. The second-order valence-corrected chi connectivity index (χ2v) is 2.80. The minimum atomic E-state index is -0.981. The Labute approximate surface area is 86.8 Å². The van der Waals surface area contributed by atoms with Crippen molar-refractivity contribution in [3.63, 3.8) is 0 Å². The van der Waals surface area contributed by atoms with Gasteiger partial charge >= 0.3 is 5.97 Å². The Morgan fingerprint density at radius 3 is 2.29 bits per heavy atom. The molecule has 0 saturated heterocycles. The average Bonchev–Trinajstić information content (AvgIpc) is 2.19. The number of hydrogen-bond acceptors (Lipinski definition) is 2. The summed E-state index contributed by atoms with van der Waals surface area (Å²) in [5, 5.41) is 7.60. The van der Waals surface area contributed by atoms with Crippen LogP contribution in [0, 0.1) is 0 Å². The Morgan fingerprint density at radius 2 is 1.93 bits per heavy atom. The molecule has 0 aliphatic rings. The molecule has 0 aromatic carbocycles. The lowest BCUT2D eigenvalue weighted by atomic mass is 10.2.